The highest BCUT2D eigenvalue weighted by molar-refractivity contribution is 8.00. The van der Waals surface area contributed by atoms with Crippen LogP contribution in [0.4, 0.5) is 23.7 Å². The third-order valence-electron chi connectivity index (χ3n) is 1.34. The highest BCUT2D eigenvalue weighted by Gasteiger charge is 2.28. The van der Waals surface area contributed by atoms with Crippen molar-refractivity contribution >= 4 is 23.5 Å². The predicted molar refractivity (Wildman–Crippen MR) is 50.0 cm³/mol. The summed E-state index contributed by atoms with van der Waals surface area (Å²) in [6.07, 6.45) is -1.26. The van der Waals surface area contributed by atoms with Crippen molar-refractivity contribution in [2.75, 3.05) is 5.32 Å². The highest BCUT2D eigenvalue weighted by Crippen LogP contribution is 2.36. The lowest BCUT2D eigenvalue weighted by atomic mass is 10.3. The number of hydrogen-bond donors (Lipinski definition) is 2. The lowest BCUT2D eigenvalue weighted by Crippen LogP contribution is -2.06. The molecule has 0 saturated carbocycles. The van der Waals surface area contributed by atoms with Crippen LogP contribution in [-0.4, -0.2) is 16.7 Å². The molecule has 15 heavy (non-hydrogen) atoms. The number of nitrogens with one attached hydrogen (secondary N) is 1. The van der Waals surface area contributed by atoms with Gasteiger partial charge in [0.25, 0.3) is 0 Å². The van der Waals surface area contributed by atoms with Crippen LogP contribution in [0.5, 0.6) is 0 Å². The van der Waals surface area contributed by atoms with Crippen LogP contribution in [0.25, 0.3) is 0 Å². The van der Waals surface area contributed by atoms with Gasteiger partial charge in [0.15, 0.2) is 0 Å². The minimum Gasteiger partial charge on any atom is -0.465 e. The third-order valence-corrected chi connectivity index (χ3v) is 2.08. The van der Waals surface area contributed by atoms with Gasteiger partial charge in [-0.1, -0.05) is 0 Å². The molecule has 0 aliphatic rings. The van der Waals surface area contributed by atoms with Crippen molar-refractivity contribution in [1.29, 1.82) is 0 Å². The van der Waals surface area contributed by atoms with Crippen molar-refractivity contribution in [2.45, 2.75) is 10.4 Å². The molecule has 0 saturated heterocycles. The van der Waals surface area contributed by atoms with Gasteiger partial charge >= 0.3 is 11.6 Å². The Balaban J connectivity index is 2.68. The normalized spacial score (nSPS) is 11.1. The van der Waals surface area contributed by atoms with Crippen LogP contribution in [0.3, 0.4) is 0 Å². The van der Waals surface area contributed by atoms with E-state index in [4.69, 9.17) is 5.11 Å². The summed E-state index contributed by atoms with van der Waals surface area (Å²) in [5.41, 5.74) is -4.10. The SMILES string of the molecule is O=C(O)Nc1ccc(SC(F)(F)F)cc1. The number of hydrogen-bond acceptors (Lipinski definition) is 2. The van der Waals surface area contributed by atoms with Gasteiger partial charge in [0.2, 0.25) is 0 Å². The van der Waals surface area contributed by atoms with E-state index in [1.807, 2.05) is 5.32 Å². The summed E-state index contributed by atoms with van der Waals surface area (Å²) in [6.45, 7) is 0. The molecule has 0 spiro atoms. The number of alkyl halides is 3. The van der Waals surface area contributed by atoms with Crippen molar-refractivity contribution in [3.63, 3.8) is 0 Å². The quantitative estimate of drug-likeness (QED) is 0.775. The number of thioether (sulfide) groups is 1. The van der Waals surface area contributed by atoms with Crippen LogP contribution in [0.2, 0.25) is 0 Å². The highest BCUT2D eigenvalue weighted by atomic mass is 32.2. The Morgan fingerprint density at radius 3 is 2.20 bits per heavy atom. The molecule has 0 unspecified atom stereocenters. The van der Waals surface area contributed by atoms with E-state index in [1.54, 1.807) is 0 Å². The molecule has 0 aliphatic carbocycles. The van der Waals surface area contributed by atoms with Crippen LogP contribution in [-0.2, 0) is 0 Å². The molecule has 0 aliphatic heterocycles. The van der Waals surface area contributed by atoms with Crippen molar-refractivity contribution in [1.82, 2.24) is 0 Å². The third kappa shape index (κ3) is 4.59. The van der Waals surface area contributed by atoms with E-state index >= 15 is 0 Å². The van der Waals surface area contributed by atoms with Crippen LogP contribution < -0.4 is 5.32 Å². The van der Waals surface area contributed by atoms with Gasteiger partial charge in [-0.3, -0.25) is 5.32 Å². The summed E-state index contributed by atoms with van der Waals surface area (Å²) in [6, 6.07) is 4.93. The minimum absolute atomic E-state index is 0.0124. The second-order valence-electron chi connectivity index (χ2n) is 2.50. The number of amides is 1. The van der Waals surface area contributed by atoms with E-state index in [9.17, 15) is 18.0 Å². The molecular weight excluding hydrogens is 231 g/mol. The second kappa shape index (κ2) is 4.43. The molecule has 7 heteroatoms. The first-order valence-electron chi connectivity index (χ1n) is 3.72. The van der Waals surface area contributed by atoms with Gasteiger partial charge in [-0.15, -0.1) is 0 Å². The second-order valence-corrected chi connectivity index (χ2v) is 3.64. The molecule has 0 bridgehead atoms. The number of anilines is 1. The monoisotopic (exact) mass is 237 g/mol. The molecule has 0 heterocycles. The van der Waals surface area contributed by atoms with Crippen LogP contribution in [0.1, 0.15) is 0 Å². The first-order chi connectivity index (χ1) is 6.87. The minimum atomic E-state index is -4.33. The van der Waals surface area contributed by atoms with Crippen LogP contribution >= 0.6 is 11.8 Å². The Morgan fingerprint density at radius 1 is 1.27 bits per heavy atom. The fourth-order valence-electron chi connectivity index (χ4n) is 0.863. The van der Waals surface area contributed by atoms with E-state index < -0.39 is 11.6 Å². The fraction of sp³-hybridized carbons (Fsp3) is 0.125. The van der Waals surface area contributed by atoms with Crippen LogP contribution in [0.15, 0.2) is 29.2 Å². The topological polar surface area (TPSA) is 49.3 Å². The van der Waals surface area contributed by atoms with Crippen molar-refractivity contribution < 1.29 is 23.1 Å². The van der Waals surface area contributed by atoms with Gasteiger partial charge in [0, 0.05) is 10.6 Å². The molecule has 0 aromatic heterocycles. The predicted octanol–water partition coefficient (Wildman–Crippen LogP) is 3.39. The Kier molecular flexibility index (Phi) is 3.46. The van der Waals surface area contributed by atoms with Gasteiger partial charge in [0.1, 0.15) is 0 Å². The van der Waals surface area contributed by atoms with Crippen molar-refractivity contribution in [3.05, 3.63) is 24.3 Å². The molecule has 0 fully saturated rings. The average molecular weight is 237 g/mol. The zero-order valence-electron chi connectivity index (χ0n) is 7.21. The van der Waals surface area contributed by atoms with Gasteiger partial charge in [-0.05, 0) is 36.0 Å². The first kappa shape index (κ1) is 11.7. The Labute approximate surface area is 87.3 Å². The zero-order valence-corrected chi connectivity index (χ0v) is 8.02. The van der Waals surface area contributed by atoms with E-state index in [0.717, 1.165) is 0 Å². The number of benzene rings is 1. The summed E-state index contributed by atoms with van der Waals surface area (Å²) in [5.74, 6) is 0. The number of rotatable bonds is 2. The summed E-state index contributed by atoms with van der Waals surface area (Å²) >= 11 is -0.247. The number of carbonyl (C=O) groups is 1. The van der Waals surface area contributed by atoms with E-state index in [1.165, 1.54) is 24.3 Å². The molecular formula is C8H6F3NO2S. The smallest absolute Gasteiger partial charge is 0.446 e. The molecule has 82 valence electrons. The summed E-state index contributed by atoms with van der Waals surface area (Å²) < 4.78 is 35.7. The fourth-order valence-corrected chi connectivity index (χ4v) is 1.40. The summed E-state index contributed by atoms with van der Waals surface area (Å²) in [7, 11) is 0. The van der Waals surface area contributed by atoms with Crippen LogP contribution in [0, 0.1) is 0 Å². The lowest BCUT2D eigenvalue weighted by Gasteiger charge is -2.06. The maximum absolute atomic E-state index is 11.9. The molecule has 1 amide bonds. The van der Waals surface area contributed by atoms with E-state index in [2.05, 4.69) is 0 Å². The molecule has 0 atom stereocenters. The zero-order chi connectivity index (χ0) is 11.5. The number of halogens is 3. The molecule has 0 radical (unpaired) electrons. The Morgan fingerprint density at radius 2 is 1.80 bits per heavy atom. The first-order valence-corrected chi connectivity index (χ1v) is 4.54. The van der Waals surface area contributed by atoms with Crippen molar-refractivity contribution in [3.8, 4) is 0 Å². The van der Waals surface area contributed by atoms with Gasteiger partial charge in [0.05, 0.1) is 0 Å². The van der Waals surface area contributed by atoms with Gasteiger partial charge in [-0.2, -0.15) is 13.2 Å². The molecule has 2 N–H and O–H groups in total. The Hall–Kier alpha value is -1.37. The largest absolute Gasteiger partial charge is 0.465 e. The molecule has 3 nitrogen and oxygen atoms in total. The van der Waals surface area contributed by atoms with E-state index in [0.29, 0.717) is 0 Å². The van der Waals surface area contributed by atoms with Gasteiger partial charge in [-0.25, -0.2) is 4.79 Å². The maximum atomic E-state index is 11.9. The molecule has 1 rings (SSSR count). The summed E-state index contributed by atoms with van der Waals surface area (Å²) in [5, 5.41) is 10.3. The number of carboxylic acid groups (broad SMARTS) is 1. The molecule has 1 aromatic rings. The summed E-state index contributed by atoms with van der Waals surface area (Å²) in [4.78, 5) is 10.2. The standard InChI is InChI=1S/C8H6F3NO2S/c9-8(10,11)15-6-3-1-5(2-4-6)12-7(13)14/h1-4,12H,(H,13,14). The Bertz CT molecular complexity index is 350. The average Bonchev–Trinajstić information content (AvgIpc) is 2.05. The van der Waals surface area contributed by atoms with Crippen molar-refractivity contribution in [2.24, 2.45) is 0 Å². The lowest BCUT2D eigenvalue weighted by molar-refractivity contribution is -0.0328. The van der Waals surface area contributed by atoms with Gasteiger partial charge < -0.3 is 5.11 Å². The van der Waals surface area contributed by atoms with E-state index in [-0.39, 0.29) is 22.3 Å². The maximum Gasteiger partial charge on any atom is 0.446 e. The molecule has 1 aromatic carbocycles.